The third-order valence-corrected chi connectivity index (χ3v) is 3.58. The normalized spacial score (nSPS) is 16.2. The van der Waals surface area contributed by atoms with Crippen molar-refractivity contribution in [3.63, 3.8) is 0 Å². The summed E-state index contributed by atoms with van der Waals surface area (Å²) in [5.41, 5.74) is 0.433. The van der Waals surface area contributed by atoms with Crippen LogP contribution in [0, 0.1) is 9.39 Å². The second-order valence-electron chi connectivity index (χ2n) is 3.51. The number of carbonyl (C=O) groups excluding carboxylic acids is 1. The Balaban J connectivity index is 2.22. The number of hydrogen-bond acceptors (Lipinski definition) is 2. The summed E-state index contributed by atoms with van der Waals surface area (Å²) in [6.07, 6.45) is 0. The molecule has 0 bridgehead atoms. The predicted octanol–water partition coefficient (Wildman–Crippen LogP) is 1.90. The Kier molecular flexibility index (Phi) is 3.75. The first-order chi connectivity index (χ1) is 7.70. The van der Waals surface area contributed by atoms with Crippen LogP contribution in [0.25, 0.3) is 0 Å². The Labute approximate surface area is 107 Å². The van der Waals surface area contributed by atoms with Crippen molar-refractivity contribution in [3.05, 3.63) is 33.1 Å². The number of benzene rings is 1. The van der Waals surface area contributed by atoms with E-state index in [1.165, 1.54) is 6.07 Å². The zero-order valence-corrected chi connectivity index (χ0v) is 10.7. The van der Waals surface area contributed by atoms with Crippen molar-refractivity contribution >= 4 is 28.5 Å². The standard InChI is InChI=1S/C11H11FINO2/c12-9-3-1-2-8(10(9)13)11(15)14-4-6-16-7-5-14/h1-3H,4-7H2. The number of carbonyl (C=O) groups is 1. The van der Waals surface area contributed by atoms with Crippen LogP contribution in [0.1, 0.15) is 10.4 Å². The summed E-state index contributed by atoms with van der Waals surface area (Å²) >= 11 is 1.86. The van der Waals surface area contributed by atoms with Crippen molar-refractivity contribution in [3.8, 4) is 0 Å². The lowest BCUT2D eigenvalue weighted by atomic mass is 10.2. The average molecular weight is 335 g/mol. The van der Waals surface area contributed by atoms with E-state index in [2.05, 4.69) is 0 Å². The van der Waals surface area contributed by atoms with Gasteiger partial charge >= 0.3 is 0 Å². The van der Waals surface area contributed by atoms with Gasteiger partial charge in [0, 0.05) is 13.1 Å². The monoisotopic (exact) mass is 335 g/mol. The Morgan fingerprint density at radius 1 is 1.38 bits per heavy atom. The molecule has 16 heavy (non-hydrogen) atoms. The van der Waals surface area contributed by atoms with Crippen LogP contribution in [0.15, 0.2) is 18.2 Å². The molecule has 1 aliphatic heterocycles. The smallest absolute Gasteiger partial charge is 0.255 e. The van der Waals surface area contributed by atoms with Gasteiger partial charge in [0.2, 0.25) is 0 Å². The van der Waals surface area contributed by atoms with E-state index in [-0.39, 0.29) is 11.7 Å². The molecule has 0 N–H and O–H groups in total. The number of morpholine rings is 1. The van der Waals surface area contributed by atoms with E-state index in [1.807, 2.05) is 22.6 Å². The molecule has 1 aromatic carbocycles. The highest BCUT2D eigenvalue weighted by Crippen LogP contribution is 2.18. The highest BCUT2D eigenvalue weighted by Gasteiger charge is 2.21. The molecule has 0 atom stereocenters. The van der Waals surface area contributed by atoms with Gasteiger partial charge in [0.25, 0.3) is 5.91 Å². The zero-order chi connectivity index (χ0) is 11.5. The van der Waals surface area contributed by atoms with Crippen molar-refractivity contribution in [2.24, 2.45) is 0 Å². The molecule has 0 radical (unpaired) electrons. The van der Waals surface area contributed by atoms with Gasteiger partial charge in [-0.05, 0) is 34.7 Å². The van der Waals surface area contributed by atoms with Gasteiger partial charge in [-0.25, -0.2) is 4.39 Å². The van der Waals surface area contributed by atoms with E-state index in [9.17, 15) is 9.18 Å². The van der Waals surface area contributed by atoms with Gasteiger partial charge in [-0.2, -0.15) is 0 Å². The van der Waals surface area contributed by atoms with E-state index < -0.39 is 0 Å². The number of ether oxygens (including phenoxy) is 1. The molecule has 0 saturated carbocycles. The fourth-order valence-corrected chi connectivity index (χ4v) is 2.20. The van der Waals surface area contributed by atoms with Crippen molar-refractivity contribution in [1.82, 2.24) is 4.90 Å². The molecule has 1 fully saturated rings. The first kappa shape index (κ1) is 11.8. The number of halogens is 2. The summed E-state index contributed by atoms with van der Waals surface area (Å²) in [5.74, 6) is -0.466. The molecule has 1 saturated heterocycles. The third kappa shape index (κ3) is 2.35. The lowest BCUT2D eigenvalue weighted by Crippen LogP contribution is -2.41. The number of rotatable bonds is 1. The second kappa shape index (κ2) is 5.09. The topological polar surface area (TPSA) is 29.5 Å². The van der Waals surface area contributed by atoms with E-state index in [1.54, 1.807) is 17.0 Å². The number of hydrogen-bond donors (Lipinski definition) is 0. The molecule has 1 aliphatic rings. The summed E-state index contributed by atoms with van der Waals surface area (Å²) in [6.45, 7) is 2.26. The van der Waals surface area contributed by atoms with Crippen LogP contribution in [-0.2, 0) is 4.74 Å². The minimum atomic E-state index is -0.347. The van der Waals surface area contributed by atoms with Gasteiger partial charge in [0.05, 0.1) is 22.3 Å². The quantitative estimate of drug-likeness (QED) is 0.734. The van der Waals surface area contributed by atoms with Gasteiger partial charge in [0.15, 0.2) is 0 Å². The van der Waals surface area contributed by atoms with Gasteiger partial charge < -0.3 is 9.64 Å². The van der Waals surface area contributed by atoms with Crippen molar-refractivity contribution in [2.45, 2.75) is 0 Å². The largest absolute Gasteiger partial charge is 0.378 e. The molecule has 0 spiro atoms. The van der Waals surface area contributed by atoms with Gasteiger partial charge in [-0.3, -0.25) is 4.79 Å². The van der Waals surface area contributed by atoms with Gasteiger partial charge in [0.1, 0.15) is 5.82 Å². The predicted molar refractivity (Wildman–Crippen MR) is 65.8 cm³/mol. The summed E-state index contributed by atoms with van der Waals surface area (Å²) in [6, 6.07) is 4.58. The van der Waals surface area contributed by atoms with Crippen LogP contribution in [-0.4, -0.2) is 37.1 Å². The fraction of sp³-hybridized carbons (Fsp3) is 0.364. The minimum Gasteiger partial charge on any atom is -0.378 e. The van der Waals surface area contributed by atoms with E-state index in [0.29, 0.717) is 35.4 Å². The first-order valence-corrected chi connectivity index (χ1v) is 6.09. The number of amides is 1. The summed E-state index contributed by atoms with van der Waals surface area (Å²) < 4.78 is 18.9. The van der Waals surface area contributed by atoms with Crippen LogP contribution >= 0.6 is 22.6 Å². The molecule has 0 aliphatic carbocycles. The maximum atomic E-state index is 13.3. The molecule has 1 heterocycles. The van der Waals surface area contributed by atoms with Crippen LogP contribution in [0.3, 0.4) is 0 Å². The Morgan fingerprint density at radius 3 is 2.75 bits per heavy atom. The lowest BCUT2D eigenvalue weighted by Gasteiger charge is -2.27. The molecule has 0 aromatic heterocycles. The highest BCUT2D eigenvalue weighted by molar-refractivity contribution is 14.1. The third-order valence-electron chi connectivity index (χ3n) is 2.48. The summed E-state index contributed by atoms with van der Waals surface area (Å²) in [7, 11) is 0. The van der Waals surface area contributed by atoms with Crippen LogP contribution in [0.4, 0.5) is 4.39 Å². The maximum Gasteiger partial charge on any atom is 0.255 e. The molecule has 0 unspecified atom stereocenters. The zero-order valence-electron chi connectivity index (χ0n) is 8.58. The Bertz CT molecular complexity index is 405. The maximum absolute atomic E-state index is 13.3. The van der Waals surface area contributed by atoms with Crippen LogP contribution < -0.4 is 0 Å². The molecular formula is C11H11FINO2. The van der Waals surface area contributed by atoms with E-state index >= 15 is 0 Å². The molecule has 5 heteroatoms. The summed E-state index contributed by atoms with van der Waals surface area (Å²) in [4.78, 5) is 13.8. The Morgan fingerprint density at radius 2 is 2.06 bits per heavy atom. The van der Waals surface area contributed by atoms with E-state index in [4.69, 9.17) is 4.74 Å². The van der Waals surface area contributed by atoms with Crippen LogP contribution in [0.5, 0.6) is 0 Å². The van der Waals surface area contributed by atoms with Gasteiger partial charge in [-0.1, -0.05) is 6.07 Å². The molecule has 86 valence electrons. The molecular weight excluding hydrogens is 324 g/mol. The van der Waals surface area contributed by atoms with Crippen LogP contribution in [0.2, 0.25) is 0 Å². The number of nitrogens with zero attached hydrogens (tertiary/aromatic N) is 1. The van der Waals surface area contributed by atoms with Crippen molar-refractivity contribution in [1.29, 1.82) is 0 Å². The fourth-order valence-electron chi connectivity index (χ4n) is 1.61. The molecule has 1 aromatic rings. The summed E-state index contributed by atoms with van der Waals surface area (Å²) in [5, 5.41) is 0. The second-order valence-corrected chi connectivity index (χ2v) is 4.58. The average Bonchev–Trinajstić information content (AvgIpc) is 2.33. The van der Waals surface area contributed by atoms with E-state index in [0.717, 1.165) is 0 Å². The van der Waals surface area contributed by atoms with Gasteiger partial charge in [-0.15, -0.1) is 0 Å². The highest BCUT2D eigenvalue weighted by atomic mass is 127. The SMILES string of the molecule is O=C(c1cccc(F)c1I)N1CCOCC1. The first-order valence-electron chi connectivity index (χ1n) is 5.01. The van der Waals surface area contributed by atoms with Crippen molar-refractivity contribution in [2.75, 3.05) is 26.3 Å². The Hall–Kier alpha value is -0.690. The molecule has 2 rings (SSSR count). The van der Waals surface area contributed by atoms with Crippen molar-refractivity contribution < 1.29 is 13.9 Å². The minimum absolute atomic E-state index is 0.118. The molecule has 1 amide bonds. The molecule has 3 nitrogen and oxygen atoms in total. The lowest BCUT2D eigenvalue weighted by molar-refractivity contribution is 0.0302.